The van der Waals surface area contributed by atoms with Crippen molar-refractivity contribution in [1.29, 1.82) is 0 Å². The summed E-state index contributed by atoms with van der Waals surface area (Å²) in [5.41, 5.74) is 3.47. The van der Waals surface area contributed by atoms with E-state index in [4.69, 9.17) is 0 Å². The molecule has 3 rings (SSSR count). The summed E-state index contributed by atoms with van der Waals surface area (Å²) in [4.78, 5) is 0. The molecule has 0 radical (unpaired) electrons. The highest BCUT2D eigenvalue weighted by Gasteiger charge is 2.14. The number of fused-ring (bicyclic) bond motifs is 1. The van der Waals surface area contributed by atoms with Gasteiger partial charge in [0, 0.05) is 15.8 Å². The van der Waals surface area contributed by atoms with Crippen LogP contribution in [-0.2, 0) is 0 Å². The first-order valence-corrected chi connectivity index (χ1v) is 6.73. The van der Waals surface area contributed by atoms with Crippen molar-refractivity contribution in [3.05, 3.63) is 64.3 Å². The third-order valence-corrected chi connectivity index (χ3v) is 3.77. The fourth-order valence-electron chi connectivity index (χ4n) is 2.24. The molecule has 2 aromatic carbocycles. The van der Waals surface area contributed by atoms with E-state index in [2.05, 4.69) is 63.4 Å². The lowest BCUT2D eigenvalue weighted by molar-refractivity contribution is 0.862. The number of aromatic nitrogens is 2. The van der Waals surface area contributed by atoms with Gasteiger partial charge in [-0.25, -0.2) is 0 Å². The monoisotopic (exact) mass is 300 g/mol. The Labute approximate surface area is 114 Å². The minimum absolute atomic E-state index is 0.311. The summed E-state index contributed by atoms with van der Waals surface area (Å²) in [6.07, 6.45) is 0. The Morgan fingerprint density at radius 2 is 1.89 bits per heavy atom. The Morgan fingerprint density at radius 1 is 1.11 bits per heavy atom. The van der Waals surface area contributed by atoms with Gasteiger partial charge < -0.3 is 0 Å². The van der Waals surface area contributed by atoms with E-state index in [9.17, 15) is 0 Å². The molecule has 18 heavy (non-hydrogen) atoms. The van der Waals surface area contributed by atoms with Crippen molar-refractivity contribution in [3.63, 3.8) is 0 Å². The van der Waals surface area contributed by atoms with Crippen LogP contribution >= 0.6 is 15.9 Å². The second-order valence-corrected chi connectivity index (χ2v) is 5.35. The number of H-pyrrole nitrogens is 1. The van der Waals surface area contributed by atoms with Gasteiger partial charge in [-0.15, -0.1) is 0 Å². The summed E-state index contributed by atoms with van der Waals surface area (Å²) in [6, 6.07) is 16.6. The Balaban J connectivity index is 2.12. The average molecular weight is 301 g/mol. The number of halogens is 1. The van der Waals surface area contributed by atoms with Crippen molar-refractivity contribution in [2.75, 3.05) is 0 Å². The Morgan fingerprint density at radius 3 is 2.67 bits per heavy atom. The Bertz CT molecular complexity index is 673. The molecule has 0 aliphatic carbocycles. The zero-order valence-corrected chi connectivity index (χ0v) is 11.6. The van der Waals surface area contributed by atoms with Crippen LogP contribution in [0.25, 0.3) is 10.9 Å². The summed E-state index contributed by atoms with van der Waals surface area (Å²) >= 11 is 3.51. The number of nitrogens with one attached hydrogen (secondary N) is 1. The first-order chi connectivity index (χ1) is 8.75. The molecule has 90 valence electrons. The molecule has 0 bridgehead atoms. The SMILES string of the molecule is CC(c1ccccc1)c1[nH]nc2ccc(Br)cc12. The zero-order chi connectivity index (χ0) is 12.5. The predicted octanol–water partition coefficient (Wildman–Crippen LogP) is 4.48. The number of aromatic amines is 1. The predicted molar refractivity (Wildman–Crippen MR) is 77.8 cm³/mol. The fraction of sp³-hybridized carbons (Fsp3) is 0.133. The fourth-order valence-corrected chi connectivity index (χ4v) is 2.60. The van der Waals surface area contributed by atoms with Gasteiger partial charge in [-0.1, -0.05) is 53.2 Å². The minimum Gasteiger partial charge on any atom is -0.281 e. The van der Waals surface area contributed by atoms with Crippen molar-refractivity contribution >= 4 is 26.8 Å². The molecule has 3 heteroatoms. The van der Waals surface area contributed by atoms with Crippen LogP contribution in [0.2, 0.25) is 0 Å². The summed E-state index contributed by atoms with van der Waals surface area (Å²) < 4.78 is 1.08. The number of hydrogen-bond acceptors (Lipinski definition) is 1. The summed E-state index contributed by atoms with van der Waals surface area (Å²) in [5.74, 6) is 0.311. The normalized spacial score (nSPS) is 12.8. The minimum atomic E-state index is 0.311. The topological polar surface area (TPSA) is 28.7 Å². The van der Waals surface area contributed by atoms with Crippen LogP contribution in [0.5, 0.6) is 0 Å². The largest absolute Gasteiger partial charge is 0.281 e. The summed E-state index contributed by atoms with van der Waals surface area (Å²) in [6.45, 7) is 2.20. The van der Waals surface area contributed by atoms with Crippen LogP contribution in [0.3, 0.4) is 0 Å². The van der Waals surface area contributed by atoms with Gasteiger partial charge in [0.1, 0.15) is 0 Å². The second kappa shape index (κ2) is 4.58. The van der Waals surface area contributed by atoms with E-state index in [1.165, 1.54) is 10.9 Å². The first kappa shape index (κ1) is 11.5. The van der Waals surface area contributed by atoms with Crippen molar-refractivity contribution in [2.24, 2.45) is 0 Å². The molecule has 1 unspecified atom stereocenters. The first-order valence-electron chi connectivity index (χ1n) is 5.94. The Kier molecular flexibility index (Phi) is 2.92. The molecule has 0 amide bonds. The highest BCUT2D eigenvalue weighted by Crippen LogP contribution is 2.29. The number of hydrogen-bond donors (Lipinski definition) is 1. The highest BCUT2D eigenvalue weighted by molar-refractivity contribution is 9.10. The van der Waals surface area contributed by atoms with Gasteiger partial charge in [0.05, 0.1) is 11.2 Å². The van der Waals surface area contributed by atoms with E-state index >= 15 is 0 Å². The van der Waals surface area contributed by atoms with Crippen molar-refractivity contribution in [1.82, 2.24) is 10.2 Å². The molecule has 1 atom stereocenters. The standard InChI is InChI=1S/C15H13BrN2/c1-10(11-5-3-2-4-6-11)15-13-9-12(16)7-8-14(13)17-18-15/h2-10H,1H3,(H,17,18). The van der Waals surface area contributed by atoms with E-state index in [-0.39, 0.29) is 0 Å². The van der Waals surface area contributed by atoms with Crippen LogP contribution in [0.1, 0.15) is 24.1 Å². The maximum absolute atomic E-state index is 4.36. The molecule has 0 saturated heterocycles. The molecule has 0 saturated carbocycles. The lowest BCUT2D eigenvalue weighted by atomic mass is 9.96. The number of rotatable bonds is 2. The smallest absolute Gasteiger partial charge is 0.0924 e. The van der Waals surface area contributed by atoms with Crippen LogP contribution in [0.4, 0.5) is 0 Å². The van der Waals surface area contributed by atoms with Gasteiger partial charge in [-0.3, -0.25) is 5.10 Å². The van der Waals surface area contributed by atoms with Crippen LogP contribution < -0.4 is 0 Å². The van der Waals surface area contributed by atoms with Gasteiger partial charge in [-0.2, -0.15) is 5.10 Å². The molecule has 3 aromatic rings. The van der Waals surface area contributed by atoms with Crippen molar-refractivity contribution in [3.8, 4) is 0 Å². The third kappa shape index (κ3) is 1.95. The van der Waals surface area contributed by atoms with E-state index in [1.807, 2.05) is 18.2 Å². The van der Waals surface area contributed by atoms with Crippen molar-refractivity contribution in [2.45, 2.75) is 12.8 Å². The number of benzene rings is 2. The molecule has 0 fully saturated rings. The molecule has 1 aromatic heterocycles. The summed E-state index contributed by atoms with van der Waals surface area (Å²) in [5, 5.41) is 8.71. The van der Waals surface area contributed by atoms with E-state index in [0.29, 0.717) is 5.92 Å². The van der Waals surface area contributed by atoms with Gasteiger partial charge in [-0.05, 0) is 23.8 Å². The molecule has 0 aliphatic heterocycles. The van der Waals surface area contributed by atoms with Gasteiger partial charge in [0.25, 0.3) is 0 Å². The maximum atomic E-state index is 4.36. The van der Waals surface area contributed by atoms with Crippen LogP contribution in [0.15, 0.2) is 53.0 Å². The summed E-state index contributed by atoms with van der Waals surface area (Å²) in [7, 11) is 0. The van der Waals surface area contributed by atoms with E-state index in [0.717, 1.165) is 15.7 Å². The van der Waals surface area contributed by atoms with E-state index in [1.54, 1.807) is 0 Å². The lowest BCUT2D eigenvalue weighted by Crippen LogP contribution is -1.96. The Hall–Kier alpha value is -1.61. The third-order valence-electron chi connectivity index (χ3n) is 3.28. The van der Waals surface area contributed by atoms with Crippen LogP contribution in [0, 0.1) is 0 Å². The highest BCUT2D eigenvalue weighted by atomic mass is 79.9. The zero-order valence-electron chi connectivity index (χ0n) is 10.0. The molecule has 1 N–H and O–H groups in total. The molecule has 0 aliphatic rings. The molecule has 0 spiro atoms. The molecule has 1 heterocycles. The molecular formula is C15H13BrN2. The van der Waals surface area contributed by atoms with Gasteiger partial charge in [0.2, 0.25) is 0 Å². The quantitative estimate of drug-likeness (QED) is 0.743. The number of nitrogens with zero attached hydrogens (tertiary/aromatic N) is 1. The lowest BCUT2D eigenvalue weighted by Gasteiger charge is -2.10. The van der Waals surface area contributed by atoms with Crippen molar-refractivity contribution < 1.29 is 0 Å². The molecule has 2 nitrogen and oxygen atoms in total. The second-order valence-electron chi connectivity index (χ2n) is 4.43. The van der Waals surface area contributed by atoms with Gasteiger partial charge >= 0.3 is 0 Å². The van der Waals surface area contributed by atoms with Crippen LogP contribution in [-0.4, -0.2) is 10.2 Å². The average Bonchev–Trinajstić information content (AvgIpc) is 2.82. The maximum Gasteiger partial charge on any atom is 0.0924 e. The van der Waals surface area contributed by atoms with Gasteiger partial charge in [0.15, 0.2) is 0 Å². The van der Waals surface area contributed by atoms with E-state index < -0.39 is 0 Å². The molecular weight excluding hydrogens is 288 g/mol.